The van der Waals surface area contributed by atoms with Gasteiger partial charge < -0.3 is 39.8 Å². The third-order valence-electron chi connectivity index (χ3n) is 7.41. The molecule has 1 aliphatic heterocycles. The van der Waals surface area contributed by atoms with Crippen molar-refractivity contribution >= 4 is 5.69 Å². The number of piperidine rings is 1. The highest BCUT2D eigenvalue weighted by atomic mass is 16.5. The maximum atomic E-state index is 10.3. The van der Waals surface area contributed by atoms with Gasteiger partial charge in [0.05, 0.1) is 37.2 Å². The van der Waals surface area contributed by atoms with Crippen molar-refractivity contribution in [1.82, 2.24) is 5.32 Å². The van der Waals surface area contributed by atoms with Crippen LogP contribution in [0.15, 0.2) is 42.5 Å². The number of aliphatic hydroxyl groups excluding tert-OH is 1. The Kier molecular flexibility index (Phi) is 11.9. The summed E-state index contributed by atoms with van der Waals surface area (Å²) in [6.45, 7) is 7.02. The van der Waals surface area contributed by atoms with Gasteiger partial charge in [0.1, 0.15) is 5.75 Å². The average Bonchev–Trinajstić information content (AvgIpc) is 3.76. The molecule has 39 heavy (non-hydrogen) atoms. The Morgan fingerprint density at radius 2 is 1.72 bits per heavy atom. The minimum atomic E-state index is -0.395. The number of hydrogen-bond donors (Lipinski definition) is 4. The summed E-state index contributed by atoms with van der Waals surface area (Å²) >= 11 is 0. The van der Waals surface area contributed by atoms with Crippen LogP contribution in [-0.4, -0.2) is 75.1 Å². The summed E-state index contributed by atoms with van der Waals surface area (Å²) in [6.07, 6.45) is 3.48. The summed E-state index contributed by atoms with van der Waals surface area (Å²) in [7, 11) is 1.68. The van der Waals surface area contributed by atoms with Crippen LogP contribution in [0.2, 0.25) is 0 Å². The van der Waals surface area contributed by atoms with Gasteiger partial charge in [-0.05, 0) is 67.3 Å². The second-order valence-corrected chi connectivity index (χ2v) is 10.9. The predicted molar refractivity (Wildman–Crippen MR) is 152 cm³/mol. The molecule has 2 aromatic carbocycles. The molecule has 216 valence electrons. The van der Waals surface area contributed by atoms with Crippen LogP contribution in [0.25, 0.3) is 0 Å². The lowest BCUT2D eigenvalue weighted by Crippen LogP contribution is -2.50. The smallest absolute Gasteiger partial charge is 0.138 e. The molecule has 4 N–H and O–H groups in total. The van der Waals surface area contributed by atoms with Crippen LogP contribution < -0.4 is 10.6 Å². The Hall–Kier alpha value is -2.20. The van der Waals surface area contributed by atoms with Gasteiger partial charge in [-0.15, -0.1) is 0 Å². The standard InChI is InChI=1S/C31H46N2O6/c1-22(34)12-15-38-29-17-32-18-30(31(29)26-9-6-24(7-10-26)20-37-19-23-4-5-23)39-21-25-8-11-28(35)27(16-25)33-13-3-14-36-2/h6-11,16,22-23,29-35H,3-5,12-15,17-21H2,1-2H3/t22?,29-,30+,31?/m1/s1. The number of aromatic hydroxyl groups is 1. The highest BCUT2D eigenvalue weighted by Crippen LogP contribution is 2.33. The van der Waals surface area contributed by atoms with Crippen molar-refractivity contribution in [2.45, 2.75) is 70.1 Å². The monoisotopic (exact) mass is 542 g/mol. The molecule has 2 aromatic rings. The van der Waals surface area contributed by atoms with Crippen molar-refractivity contribution in [3.63, 3.8) is 0 Å². The number of ether oxygens (including phenoxy) is 4. The van der Waals surface area contributed by atoms with Crippen LogP contribution in [0.5, 0.6) is 5.75 Å². The number of rotatable bonds is 17. The van der Waals surface area contributed by atoms with Crippen LogP contribution in [0.1, 0.15) is 55.2 Å². The van der Waals surface area contributed by atoms with Gasteiger partial charge >= 0.3 is 0 Å². The van der Waals surface area contributed by atoms with Crippen LogP contribution in [0, 0.1) is 5.92 Å². The van der Waals surface area contributed by atoms with Crippen molar-refractivity contribution < 1.29 is 29.2 Å². The number of phenolic OH excluding ortho intramolecular Hbond substituents is 1. The quantitative estimate of drug-likeness (QED) is 0.174. The maximum absolute atomic E-state index is 10.3. The molecule has 4 atom stereocenters. The minimum absolute atomic E-state index is 0.0467. The van der Waals surface area contributed by atoms with Crippen molar-refractivity contribution in [1.29, 1.82) is 0 Å². The van der Waals surface area contributed by atoms with Crippen molar-refractivity contribution in [3.8, 4) is 5.75 Å². The van der Waals surface area contributed by atoms with Crippen LogP contribution in [0.4, 0.5) is 5.69 Å². The van der Waals surface area contributed by atoms with E-state index in [1.54, 1.807) is 20.1 Å². The highest BCUT2D eigenvalue weighted by molar-refractivity contribution is 5.57. The lowest BCUT2D eigenvalue weighted by Gasteiger charge is -2.39. The van der Waals surface area contributed by atoms with Crippen LogP contribution >= 0.6 is 0 Å². The highest BCUT2D eigenvalue weighted by Gasteiger charge is 2.36. The molecule has 8 heteroatoms. The molecule has 1 aliphatic carbocycles. The molecule has 1 heterocycles. The molecular weight excluding hydrogens is 496 g/mol. The van der Waals surface area contributed by atoms with Gasteiger partial charge in [0, 0.05) is 52.5 Å². The molecule has 0 amide bonds. The van der Waals surface area contributed by atoms with Gasteiger partial charge in [-0.25, -0.2) is 0 Å². The fraction of sp³-hybridized carbons (Fsp3) is 0.613. The number of phenols is 1. The summed E-state index contributed by atoms with van der Waals surface area (Å²) in [5.74, 6) is 1.03. The molecule has 2 unspecified atom stereocenters. The van der Waals surface area contributed by atoms with Crippen LogP contribution in [0.3, 0.4) is 0 Å². The minimum Gasteiger partial charge on any atom is -0.506 e. The fourth-order valence-corrected chi connectivity index (χ4v) is 4.93. The van der Waals surface area contributed by atoms with E-state index in [0.717, 1.165) is 31.1 Å². The van der Waals surface area contributed by atoms with Crippen molar-refractivity contribution in [2.75, 3.05) is 51.9 Å². The third-order valence-corrected chi connectivity index (χ3v) is 7.41. The summed E-state index contributed by atoms with van der Waals surface area (Å²) in [6, 6.07) is 14.2. The first kappa shape index (κ1) is 29.8. The molecule has 0 bridgehead atoms. The lowest BCUT2D eigenvalue weighted by atomic mass is 9.85. The molecule has 2 fully saturated rings. The topological polar surface area (TPSA) is 101 Å². The number of nitrogens with one attached hydrogen (secondary N) is 2. The van der Waals surface area contributed by atoms with E-state index in [9.17, 15) is 10.2 Å². The SMILES string of the molecule is COCCCNc1cc(CO[C@H]2CNC[C@@H](OCCC(C)O)C2c2ccc(COCC3CC3)cc2)ccc1O. The van der Waals surface area contributed by atoms with Crippen LogP contribution in [-0.2, 0) is 32.2 Å². The van der Waals surface area contributed by atoms with E-state index >= 15 is 0 Å². The van der Waals surface area contributed by atoms with Gasteiger partial charge in [0.15, 0.2) is 0 Å². The third kappa shape index (κ3) is 9.74. The van der Waals surface area contributed by atoms with E-state index in [1.165, 1.54) is 24.0 Å². The molecule has 2 aliphatic rings. The summed E-state index contributed by atoms with van der Waals surface area (Å²) in [5.41, 5.74) is 4.04. The lowest BCUT2D eigenvalue weighted by molar-refractivity contribution is -0.0639. The Morgan fingerprint density at radius 3 is 2.44 bits per heavy atom. The van der Waals surface area contributed by atoms with Gasteiger partial charge in [-0.1, -0.05) is 30.3 Å². The molecule has 8 nitrogen and oxygen atoms in total. The van der Waals surface area contributed by atoms with Crippen molar-refractivity contribution in [2.24, 2.45) is 5.92 Å². The van der Waals surface area contributed by atoms with E-state index in [0.29, 0.717) is 51.6 Å². The average molecular weight is 543 g/mol. The van der Waals surface area contributed by atoms with E-state index in [4.69, 9.17) is 18.9 Å². The zero-order chi connectivity index (χ0) is 27.5. The largest absolute Gasteiger partial charge is 0.506 e. The zero-order valence-corrected chi connectivity index (χ0v) is 23.4. The molecule has 1 saturated heterocycles. The predicted octanol–water partition coefficient (Wildman–Crippen LogP) is 4.20. The van der Waals surface area contributed by atoms with E-state index in [2.05, 4.69) is 34.9 Å². The molecule has 4 rings (SSSR count). The second-order valence-electron chi connectivity index (χ2n) is 10.9. The summed E-state index contributed by atoms with van der Waals surface area (Å²) < 4.78 is 23.8. The number of hydrogen-bond acceptors (Lipinski definition) is 8. The number of anilines is 1. The molecule has 0 radical (unpaired) electrons. The number of methoxy groups -OCH3 is 1. The summed E-state index contributed by atoms with van der Waals surface area (Å²) in [4.78, 5) is 0. The summed E-state index contributed by atoms with van der Waals surface area (Å²) in [5, 5.41) is 26.8. The molecular formula is C31H46N2O6. The van der Waals surface area contributed by atoms with E-state index in [-0.39, 0.29) is 23.9 Å². The molecule has 0 aromatic heterocycles. The zero-order valence-electron chi connectivity index (χ0n) is 23.4. The van der Waals surface area contributed by atoms with Gasteiger partial charge in [0.2, 0.25) is 0 Å². The molecule has 0 spiro atoms. The number of benzene rings is 2. The Labute approximate surface area is 233 Å². The van der Waals surface area contributed by atoms with Gasteiger partial charge in [-0.2, -0.15) is 0 Å². The van der Waals surface area contributed by atoms with Crippen molar-refractivity contribution in [3.05, 3.63) is 59.2 Å². The number of aliphatic hydroxyl groups is 1. The van der Waals surface area contributed by atoms with E-state index < -0.39 is 6.10 Å². The fourth-order valence-electron chi connectivity index (χ4n) is 4.93. The Bertz CT molecular complexity index is 982. The first-order valence-electron chi connectivity index (χ1n) is 14.4. The first-order chi connectivity index (χ1) is 19.0. The van der Waals surface area contributed by atoms with Gasteiger partial charge in [0.25, 0.3) is 0 Å². The maximum Gasteiger partial charge on any atom is 0.138 e. The second kappa shape index (κ2) is 15.6. The first-order valence-corrected chi connectivity index (χ1v) is 14.4. The Balaban J connectivity index is 1.41. The van der Waals surface area contributed by atoms with E-state index in [1.807, 2.05) is 12.1 Å². The van der Waals surface area contributed by atoms with Gasteiger partial charge in [-0.3, -0.25) is 0 Å². The molecule has 1 saturated carbocycles. The Morgan fingerprint density at radius 1 is 0.974 bits per heavy atom. The normalized spacial score (nSPS) is 22.1.